The lowest BCUT2D eigenvalue weighted by Gasteiger charge is -2.13. The van der Waals surface area contributed by atoms with Crippen molar-refractivity contribution in [1.82, 2.24) is 20.6 Å². The molecule has 2 heterocycles. The largest absolute Gasteiger partial charge is 0.352 e. The Morgan fingerprint density at radius 3 is 2.63 bits per heavy atom. The summed E-state index contributed by atoms with van der Waals surface area (Å²) in [5, 5.41) is 5.86. The predicted molar refractivity (Wildman–Crippen MR) is 131 cm³/mol. The summed E-state index contributed by atoms with van der Waals surface area (Å²) in [6, 6.07) is 6.79. The van der Waals surface area contributed by atoms with Crippen LogP contribution in [0.4, 0.5) is 4.39 Å². The molecule has 1 atom stereocenters. The summed E-state index contributed by atoms with van der Waals surface area (Å²) in [7, 11) is 0. The monoisotopic (exact) mass is 498 g/mol. The maximum absolute atomic E-state index is 14.9. The molecule has 1 aromatic carbocycles. The number of carbonyl (C=O) groups excluding carboxylic acids is 4. The van der Waals surface area contributed by atoms with Gasteiger partial charge in [0.1, 0.15) is 23.4 Å². The van der Waals surface area contributed by atoms with Crippen LogP contribution in [-0.4, -0.2) is 46.9 Å². The molecule has 1 aliphatic rings. The Balaban J connectivity index is 0.00000167. The van der Waals surface area contributed by atoms with Crippen molar-refractivity contribution in [3.63, 3.8) is 0 Å². The summed E-state index contributed by atoms with van der Waals surface area (Å²) in [5.41, 5.74) is 2.33. The van der Waals surface area contributed by atoms with Gasteiger partial charge in [-0.05, 0) is 43.5 Å². The highest BCUT2D eigenvalue weighted by Gasteiger charge is 2.28. The third-order valence-corrected chi connectivity index (χ3v) is 6.64. The molecule has 2 aromatic heterocycles. The maximum Gasteiger partial charge on any atom is 0.239 e. The molecule has 0 bridgehead atoms. The number of halogens is 1. The minimum atomic E-state index is -0.835. The molecule has 0 radical (unpaired) electrons. The summed E-state index contributed by atoms with van der Waals surface area (Å²) in [6.45, 7) is 5.41. The number of ketones is 1. The highest BCUT2D eigenvalue weighted by atomic mass is 32.1. The van der Waals surface area contributed by atoms with Crippen LogP contribution < -0.4 is 10.6 Å². The molecule has 2 N–H and O–H groups in total. The highest BCUT2D eigenvalue weighted by molar-refractivity contribution is 7.18. The van der Waals surface area contributed by atoms with Gasteiger partial charge in [0.2, 0.25) is 11.8 Å². The van der Waals surface area contributed by atoms with Crippen LogP contribution in [0.3, 0.4) is 0 Å². The van der Waals surface area contributed by atoms with E-state index in [0.717, 1.165) is 18.5 Å². The van der Waals surface area contributed by atoms with E-state index in [1.165, 1.54) is 17.4 Å². The van der Waals surface area contributed by atoms with Crippen LogP contribution in [0.25, 0.3) is 21.3 Å². The first-order valence-corrected chi connectivity index (χ1v) is 12.1. The highest BCUT2D eigenvalue weighted by Crippen LogP contribution is 2.34. The van der Waals surface area contributed by atoms with Crippen molar-refractivity contribution >= 4 is 45.9 Å². The van der Waals surface area contributed by atoms with Crippen molar-refractivity contribution in [2.45, 2.75) is 51.5 Å². The van der Waals surface area contributed by atoms with E-state index in [9.17, 15) is 18.8 Å². The van der Waals surface area contributed by atoms with Gasteiger partial charge < -0.3 is 15.4 Å². The smallest absolute Gasteiger partial charge is 0.239 e. The van der Waals surface area contributed by atoms with Gasteiger partial charge in [-0.2, -0.15) is 0 Å². The minimum Gasteiger partial charge on any atom is -0.352 e. The molecule has 2 amide bonds. The Labute approximate surface area is 206 Å². The number of carbonyl (C=O) groups is 4. The van der Waals surface area contributed by atoms with Crippen LogP contribution in [0.15, 0.2) is 30.5 Å². The number of pyridine rings is 1. The molecule has 184 valence electrons. The fourth-order valence-electron chi connectivity index (χ4n) is 3.51. The van der Waals surface area contributed by atoms with Gasteiger partial charge in [-0.25, -0.2) is 9.37 Å². The fraction of sp³-hybridized carbons (Fsp3) is 0.360. The lowest BCUT2D eigenvalue weighted by molar-refractivity contribution is -0.128. The molecule has 0 aliphatic heterocycles. The average Bonchev–Trinajstić information content (AvgIpc) is 3.57. The molecule has 35 heavy (non-hydrogen) atoms. The van der Waals surface area contributed by atoms with Crippen LogP contribution in [0, 0.1) is 12.7 Å². The number of nitrogens with zero attached hydrogens (tertiary/aromatic N) is 2. The van der Waals surface area contributed by atoms with Gasteiger partial charge >= 0.3 is 0 Å². The number of fused-ring (bicyclic) bond motifs is 1. The molecule has 10 heteroatoms. The van der Waals surface area contributed by atoms with Crippen molar-refractivity contribution in [2.24, 2.45) is 0 Å². The van der Waals surface area contributed by atoms with E-state index in [2.05, 4.69) is 20.6 Å². The van der Waals surface area contributed by atoms with E-state index >= 15 is 0 Å². The van der Waals surface area contributed by atoms with E-state index < -0.39 is 17.6 Å². The summed E-state index contributed by atoms with van der Waals surface area (Å²) in [6.07, 6.45) is 3.80. The Bertz CT molecular complexity index is 1240. The van der Waals surface area contributed by atoms with E-state index in [1.807, 2.05) is 13.7 Å². The molecule has 0 saturated heterocycles. The fourth-order valence-corrected chi connectivity index (χ4v) is 4.60. The molecule has 1 saturated carbocycles. The molecular formula is C25H27FN4O4S. The number of nitrogens with one attached hydrogen (secondary N) is 2. The van der Waals surface area contributed by atoms with Crippen LogP contribution in [0.2, 0.25) is 0 Å². The zero-order valence-corrected chi connectivity index (χ0v) is 20.4. The summed E-state index contributed by atoms with van der Waals surface area (Å²) < 4.78 is 15.6. The molecule has 0 spiro atoms. The number of benzene rings is 1. The number of thiazole rings is 1. The minimum absolute atomic E-state index is 0.0225. The SMILES string of the molecule is C=O.CCC(=O)CC(C(=O)NCC(=O)NC1CC1)c1nc2cc(F)c(-c3ccnc(C)c3)cc2s1. The Morgan fingerprint density at radius 1 is 1.23 bits per heavy atom. The first kappa shape index (κ1) is 26.1. The first-order valence-electron chi connectivity index (χ1n) is 11.2. The van der Waals surface area contributed by atoms with Crippen LogP contribution >= 0.6 is 11.3 Å². The second-order valence-electron chi connectivity index (χ2n) is 8.25. The van der Waals surface area contributed by atoms with Gasteiger partial charge in [-0.15, -0.1) is 11.3 Å². The van der Waals surface area contributed by atoms with Crippen LogP contribution in [0.5, 0.6) is 0 Å². The average molecular weight is 499 g/mol. The standard InChI is InChI=1S/C24H25FN4O3S.CH2O/c1-3-16(30)9-18(23(32)27-12-22(31)28-15-4-5-15)24-29-20-11-19(25)17(10-21(20)33-24)14-6-7-26-13(2)8-14;1-2/h6-8,10-11,15,18H,3-5,9,12H2,1-2H3,(H,27,32)(H,28,31);1H2. The number of Topliss-reactive ketones (excluding diaryl/α,β-unsaturated/α-hetero) is 1. The topological polar surface area (TPSA) is 118 Å². The van der Waals surface area contributed by atoms with Crippen molar-refractivity contribution in [1.29, 1.82) is 0 Å². The molecular weight excluding hydrogens is 471 g/mol. The Morgan fingerprint density at radius 2 is 1.97 bits per heavy atom. The summed E-state index contributed by atoms with van der Waals surface area (Å²) in [5.74, 6) is -2.04. The Kier molecular flexibility index (Phi) is 8.75. The lowest BCUT2D eigenvalue weighted by atomic mass is 10.0. The van der Waals surface area contributed by atoms with Gasteiger partial charge in [0.15, 0.2) is 0 Å². The zero-order chi connectivity index (χ0) is 25.5. The van der Waals surface area contributed by atoms with Crippen molar-refractivity contribution in [3.05, 3.63) is 47.0 Å². The first-order chi connectivity index (χ1) is 16.8. The second-order valence-corrected chi connectivity index (χ2v) is 9.31. The quantitative estimate of drug-likeness (QED) is 0.466. The van der Waals surface area contributed by atoms with E-state index in [4.69, 9.17) is 4.79 Å². The van der Waals surface area contributed by atoms with E-state index in [0.29, 0.717) is 26.4 Å². The summed E-state index contributed by atoms with van der Waals surface area (Å²) in [4.78, 5) is 53.7. The summed E-state index contributed by atoms with van der Waals surface area (Å²) >= 11 is 1.26. The number of aryl methyl sites for hydroxylation is 1. The number of rotatable bonds is 9. The van der Waals surface area contributed by atoms with E-state index in [1.54, 1.807) is 31.3 Å². The molecule has 1 unspecified atom stereocenters. The van der Waals surface area contributed by atoms with Crippen LogP contribution in [-0.2, 0) is 19.2 Å². The molecule has 3 aromatic rings. The normalized spacial score (nSPS) is 13.5. The zero-order valence-electron chi connectivity index (χ0n) is 19.6. The van der Waals surface area contributed by atoms with Crippen molar-refractivity contribution < 1.29 is 23.6 Å². The third kappa shape index (κ3) is 6.75. The van der Waals surface area contributed by atoms with E-state index in [-0.39, 0.29) is 37.1 Å². The van der Waals surface area contributed by atoms with Gasteiger partial charge in [0, 0.05) is 42.4 Å². The van der Waals surface area contributed by atoms with Gasteiger partial charge in [0.05, 0.1) is 22.7 Å². The third-order valence-electron chi connectivity index (χ3n) is 5.51. The molecule has 4 rings (SSSR count). The van der Waals surface area contributed by atoms with Gasteiger partial charge in [-0.3, -0.25) is 19.4 Å². The predicted octanol–water partition coefficient (Wildman–Crippen LogP) is 3.47. The van der Waals surface area contributed by atoms with Gasteiger partial charge in [0.25, 0.3) is 0 Å². The van der Waals surface area contributed by atoms with Crippen molar-refractivity contribution in [2.75, 3.05) is 6.54 Å². The van der Waals surface area contributed by atoms with Gasteiger partial charge in [-0.1, -0.05) is 6.92 Å². The molecule has 1 aliphatic carbocycles. The second kappa shape index (κ2) is 11.7. The number of hydrogen-bond acceptors (Lipinski definition) is 7. The van der Waals surface area contributed by atoms with Crippen LogP contribution in [0.1, 0.15) is 49.2 Å². The molecule has 8 nitrogen and oxygen atoms in total. The molecule has 1 fully saturated rings. The number of hydrogen-bond donors (Lipinski definition) is 2. The number of aromatic nitrogens is 2. The Hall–Kier alpha value is -3.53. The lowest BCUT2D eigenvalue weighted by Crippen LogP contribution is -2.40. The van der Waals surface area contributed by atoms with Crippen molar-refractivity contribution in [3.8, 4) is 11.1 Å². The number of amides is 2. The maximum atomic E-state index is 14.9.